The van der Waals surface area contributed by atoms with Gasteiger partial charge in [-0.2, -0.15) is 0 Å². The molecule has 2 aliphatic rings. The summed E-state index contributed by atoms with van der Waals surface area (Å²) in [4.78, 5) is 12.3. The highest BCUT2D eigenvalue weighted by Crippen LogP contribution is 2.55. The van der Waals surface area contributed by atoms with Crippen LogP contribution in [-0.2, 0) is 9.84 Å². The van der Waals surface area contributed by atoms with Crippen molar-refractivity contribution in [2.24, 2.45) is 23.7 Å². The maximum Gasteiger partial charge on any atom is 0.255 e. The van der Waals surface area contributed by atoms with E-state index in [9.17, 15) is 31.5 Å². The molecule has 32 heavy (non-hydrogen) atoms. The molecule has 2 aliphatic carbocycles. The van der Waals surface area contributed by atoms with Gasteiger partial charge in [0.15, 0.2) is 27.3 Å². The molecule has 2 saturated carbocycles. The number of hydrogen-bond donors (Lipinski definition) is 2. The molecule has 10 heteroatoms. The maximum atomic E-state index is 13.4. The summed E-state index contributed by atoms with van der Waals surface area (Å²) in [6.45, 7) is 2.06. The van der Waals surface area contributed by atoms with Crippen LogP contribution in [0.1, 0.15) is 30.1 Å². The van der Waals surface area contributed by atoms with E-state index < -0.39 is 39.3 Å². The predicted molar refractivity (Wildman–Crippen MR) is 113 cm³/mol. The van der Waals surface area contributed by atoms with Crippen LogP contribution < -0.4 is 5.32 Å². The van der Waals surface area contributed by atoms with Crippen molar-refractivity contribution in [1.29, 1.82) is 0 Å². The van der Waals surface area contributed by atoms with Gasteiger partial charge in [0, 0.05) is 23.4 Å². The molecule has 1 amide bonds. The SMILES string of the molecule is CC1C2CC(O)C[C@H]1C2CS(=O)(=O)c1cc(C(=O)Nc2cc(F)c(F)c(F)c2)ccc1Cl. The summed E-state index contributed by atoms with van der Waals surface area (Å²) >= 11 is 6.13. The Morgan fingerprint density at radius 2 is 1.72 bits per heavy atom. The first-order chi connectivity index (χ1) is 15.0. The molecular formula is C22H21ClF3NO4S. The van der Waals surface area contributed by atoms with Gasteiger partial charge in [-0.15, -0.1) is 0 Å². The first-order valence-corrected chi connectivity index (χ1v) is 12.2. The van der Waals surface area contributed by atoms with Crippen molar-refractivity contribution in [2.45, 2.75) is 30.8 Å². The van der Waals surface area contributed by atoms with Crippen LogP contribution in [0.5, 0.6) is 0 Å². The van der Waals surface area contributed by atoms with E-state index in [1.54, 1.807) is 0 Å². The van der Waals surface area contributed by atoms with Gasteiger partial charge >= 0.3 is 0 Å². The second-order valence-electron chi connectivity index (χ2n) is 8.61. The van der Waals surface area contributed by atoms with E-state index in [0.717, 1.165) is 6.07 Å². The largest absolute Gasteiger partial charge is 0.393 e. The Labute approximate surface area is 188 Å². The number of nitrogens with one attached hydrogen (secondary N) is 1. The summed E-state index contributed by atoms with van der Waals surface area (Å²) < 4.78 is 66.1. The zero-order valence-electron chi connectivity index (χ0n) is 17.0. The van der Waals surface area contributed by atoms with Crippen LogP contribution >= 0.6 is 11.6 Å². The van der Waals surface area contributed by atoms with Crippen LogP contribution in [0.2, 0.25) is 5.02 Å². The topological polar surface area (TPSA) is 83.5 Å². The number of rotatable bonds is 5. The van der Waals surface area contributed by atoms with E-state index in [0.29, 0.717) is 30.9 Å². The fourth-order valence-electron chi connectivity index (χ4n) is 5.08. The molecule has 5 atom stereocenters. The number of aliphatic hydroxyl groups excluding tert-OH is 1. The smallest absolute Gasteiger partial charge is 0.255 e. The number of halogens is 4. The summed E-state index contributed by atoms with van der Waals surface area (Å²) in [6.07, 6.45) is 0.731. The Balaban J connectivity index is 1.55. The molecule has 2 fully saturated rings. The molecule has 2 N–H and O–H groups in total. The molecular weight excluding hydrogens is 467 g/mol. The first-order valence-electron chi connectivity index (χ1n) is 10.1. The normalized spacial score (nSPS) is 27.0. The van der Waals surface area contributed by atoms with E-state index in [1.807, 2.05) is 0 Å². The van der Waals surface area contributed by atoms with Crippen LogP contribution in [0.25, 0.3) is 0 Å². The molecule has 4 rings (SSSR count). The molecule has 2 bridgehead atoms. The third-order valence-corrected chi connectivity index (χ3v) is 8.99. The van der Waals surface area contributed by atoms with Crippen LogP contribution in [-0.4, -0.2) is 31.3 Å². The van der Waals surface area contributed by atoms with E-state index in [-0.39, 0.29) is 44.7 Å². The maximum absolute atomic E-state index is 13.4. The second kappa shape index (κ2) is 8.35. The standard InChI is InChI=1S/C22H21ClF3NO4S/c1-10-14-7-13(28)8-15(10)16(14)9-32(30,31)20-4-11(2-3-17(20)23)22(29)27-12-5-18(24)21(26)19(25)6-12/h2-6,10,13-16,28H,7-9H2,1H3,(H,27,29)/t10?,13?,14-,15?,16?/m1/s1. The van der Waals surface area contributed by atoms with Gasteiger partial charge in [-0.05, 0) is 54.7 Å². The van der Waals surface area contributed by atoms with Gasteiger partial charge in [-0.25, -0.2) is 21.6 Å². The molecule has 2 aromatic rings. The molecule has 2 aromatic carbocycles. The third-order valence-electron chi connectivity index (χ3n) is 6.72. The minimum absolute atomic E-state index is 0.0435. The van der Waals surface area contributed by atoms with Crippen LogP contribution in [0.3, 0.4) is 0 Å². The molecule has 0 radical (unpaired) electrons. The van der Waals surface area contributed by atoms with Crippen LogP contribution in [0.4, 0.5) is 18.9 Å². The van der Waals surface area contributed by atoms with Gasteiger partial charge in [-0.1, -0.05) is 18.5 Å². The van der Waals surface area contributed by atoms with E-state index >= 15 is 0 Å². The van der Waals surface area contributed by atoms with Gasteiger partial charge in [0.05, 0.1) is 21.8 Å². The van der Waals surface area contributed by atoms with Gasteiger partial charge in [-0.3, -0.25) is 4.79 Å². The van der Waals surface area contributed by atoms with Crippen molar-refractivity contribution in [1.82, 2.24) is 0 Å². The molecule has 0 heterocycles. The summed E-state index contributed by atoms with van der Waals surface area (Å²) in [6, 6.07) is 4.91. The number of carbonyl (C=O) groups is 1. The zero-order chi connectivity index (χ0) is 23.4. The highest BCUT2D eigenvalue weighted by molar-refractivity contribution is 7.91. The van der Waals surface area contributed by atoms with Crippen molar-refractivity contribution >= 4 is 33.0 Å². The number of fused-ring (bicyclic) bond motifs is 2. The lowest BCUT2D eigenvalue weighted by Crippen LogP contribution is -2.55. The summed E-state index contributed by atoms with van der Waals surface area (Å²) in [7, 11) is -3.85. The lowest BCUT2D eigenvalue weighted by molar-refractivity contribution is -0.101. The first kappa shape index (κ1) is 23.1. The summed E-state index contributed by atoms with van der Waals surface area (Å²) in [5, 5.41) is 12.1. The van der Waals surface area contributed by atoms with Crippen LogP contribution in [0, 0.1) is 41.1 Å². The zero-order valence-corrected chi connectivity index (χ0v) is 18.6. The third kappa shape index (κ3) is 4.13. The van der Waals surface area contributed by atoms with Crippen molar-refractivity contribution in [3.63, 3.8) is 0 Å². The minimum atomic E-state index is -3.85. The number of sulfone groups is 1. The van der Waals surface area contributed by atoms with E-state index in [4.69, 9.17) is 11.6 Å². The molecule has 0 spiro atoms. The number of carbonyl (C=O) groups excluding carboxylic acids is 1. The molecule has 172 valence electrons. The Hall–Kier alpha value is -2.10. The summed E-state index contributed by atoms with van der Waals surface area (Å²) in [5.74, 6) is -5.07. The van der Waals surface area contributed by atoms with Crippen LogP contribution in [0.15, 0.2) is 35.2 Å². The highest BCUT2D eigenvalue weighted by Gasteiger charge is 2.53. The van der Waals surface area contributed by atoms with Crippen molar-refractivity contribution in [3.8, 4) is 0 Å². The molecule has 4 unspecified atom stereocenters. The summed E-state index contributed by atoms with van der Waals surface area (Å²) in [5.41, 5.74) is -0.406. The number of amides is 1. The number of hydrogen-bond acceptors (Lipinski definition) is 4. The highest BCUT2D eigenvalue weighted by atomic mass is 35.5. The molecule has 0 saturated heterocycles. The van der Waals surface area contributed by atoms with E-state index in [2.05, 4.69) is 12.2 Å². The van der Waals surface area contributed by atoms with Gasteiger partial charge in [0.25, 0.3) is 5.91 Å². The van der Waals surface area contributed by atoms with Gasteiger partial charge < -0.3 is 10.4 Å². The lowest BCUT2D eigenvalue weighted by atomic mass is 9.51. The average molecular weight is 488 g/mol. The molecule has 0 aromatic heterocycles. The van der Waals surface area contributed by atoms with Gasteiger partial charge in [0.2, 0.25) is 0 Å². The fraction of sp³-hybridized carbons (Fsp3) is 0.409. The van der Waals surface area contributed by atoms with Crippen molar-refractivity contribution in [3.05, 3.63) is 58.4 Å². The lowest BCUT2D eigenvalue weighted by Gasteiger charge is -2.56. The molecule has 0 aliphatic heterocycles. The monoisotopic (exact) mass is 487 g/mol. The van der Waals surface area contributed by atoms with E-state index in [1.165, 1.54) is 12.1 Å². The average Bonchev–Trinajstić information content (AvgIpc) is 2.73. The Morgan fingerprint density at radius 3 is 2.31 bits per heavy atom. The number of aliphatic hydroxyl groups is 1. The predicted octanol–water partition coefficient (Wildman–Crippen LogP) is 4.44. The van der Waals surface area contributed by atoms with Crippen molar-refractivity contribution < 1.29 is 31.5 Å². The quantitative estimate of drug-likeness (QED) is 0.611. The minimum Gasteiger partial charge on any atom is -0.393 e. The van der Waals surface area contributed by atoms with Crippen molar-refractivity contribution in [2.75, 3.05) is 11.1 Å². The Kier molecular flexibility index (Phi) is 6.02. The Morgan fingerprint density at radius 1 is 1.12 bits per heavy atom. The Bertz CT molecular complexity index is 1150. The fourth-order valence-corrected chi connectivity index (χ4v) is 7.40. The number of anilines is 1. The second-order valence-corrected chi connectivity index (χ2v) is 11.0. The van der Waals surface area contributed by atoms with Gasteiger partial charge in [0.1, 0.15) is 0 Å². The molecule has 5 nitrogen and oxygen atoms in total. The number of benzene rings is 2.